The summed E-state index contributed by atoms with van der Waals surface area (Å²) in [5.74, 6) is 0. The number of rotatable bonds is 1. The summed E-state index contributed by atoms with van der Waals surface area (Å²) in [6.07, 6.45) is 2.00. The van der Waals surface area contributed by atoms with E-state index >= 15 is 0 Å². The van der Waals surface area contributed by atoms with Gasteiger partial charge in [0, 0.05) is 17.5 Å². The van der Waals surface area contributed by atoms with E-state index in [4.69, 9.17) is 10.7 Å². The lowest BCUT2D eigenvalue weighted by atomic mass is 10.0. The molecule has 0 fully saturated rings. The van der Waals surface area contributed by atoms with Gasteiger partial charge in [0.2, 0.25) is 0 Å². The largest absolute Gasteiger partial charge is 0.396 e. The lowest BCUT2D eigenvalue weighted by Crippen LogP contribution is -1.92. The third-order valence-electron chi connectivity index (χ3n) is 3.70. The molecule has 0 aliphatic heterocycles. The number of benzene rings is 1. The first-order valence-electron chi connectivity index (χ1n) is 6.38. The van der Waals surface area contributed by atoms with E-state index in [0.717, 1.165) is 22.6 Å². The minimum atomic E-state index is 0.709. The van der Waals surface area contributed by atoms with E-state index in [2.05, 4.69) is 39.0 Å². The van der Waals surface area contributed by atoms with Crippen molar-refractivity contribution < 1.29 is 0 Å². The van der Waals surface area contributed by atoms with Crippen molar-refractivity contribution in [1.82, 2.24) is 9.38 Å². The van der Waals surface area contributed by atoms with Gasteiger partial charge in [-0.05, 0) is 50.1 Å². The molecule has 0 saturated carbocycles. The highest BCUT2D eigenvalue weighted by atomic mass is 15.0. The predicted octanol–water partition coefficient (Wildman–Crippen LogP) is 3.51. The maximum atomic E-state index is 5.99. The van der Waals surface area contributed by atoms with Crippen molar-refractivity contribution in [3.8, 4) is 11.3 Å². The summed E-state index contributed by atoms with van der Waals surface area (Å²) in [6.45, 7) is 6.32. The molecule has 0 saturated heterocycles. The van der Waals surface area contributed by atoms with Gasteiger partial charge in [-0.1, -0.05) is 12.1 Å². The van der Waals surface area contributed by atoms with Gasteiger partial charge in [-0.3, -0.25) is 0 Å². The van der Waals surface area contributed by atoms with E-state index in [1.54, 1.807) is 0 Å². The Kier molecular flexibility index (Phi) is 2.56. The van der Waals surface area contributed by atoms with E-state index in [1.165, 1.54) is 11.1 Å². The fourth-order valence-corrected chi connectivity index (χ4v) is 2.37. The maximum Gasteiger partial charge on any atom is 0.160 e. The highest BCUT2D eigenvalue weighted by molar-refractivity contribution is 5.73. The molecule has 0 unspecified atom stereocenters. The third kappa shape index (κ3) is 1.78. The Morgan fingerprint density at radius 2 is 1.84 bits per heavy atom. The van der Waals surface area contributed by atoms with Gasteiger partial charge in [0.1, 0.15) is 0 Å². The molecule has 96 valence electrons. The Hall–Kier alpha value is -2.29. The van der Waals surface area contributed by atoms with Crippen LogP contribution in [0.15, 0.2) is 36.5 Å². The summed E-state index contributed by atoms with van der Waals surface area (Å²) in [6, 6.07) is 10.3. The molecule has 3 heteroatoms. The topological polar surface area (TPSA) is 43.3 Å². The molecular formula is C16H17N3. The summed E-state index contributed by atoms with van der Waals surface area (Å²) in [5, 5.41) is 0. The van der Waals surface area contributed by atoms with Gasteiger partial charge in [0.25, 0.3) is 0 Å². The van der Waals surface area contributed by atoms with Crippen LogP contribution in [0.1, 0.15) is 16.8 Å². The summed E-state index contributed by atoms with van der Waals surface area (Å²) in [7, 11) is 0. The highest BCUT2D eigenvalue weighted by Crippen LogP contribution is 2.27. The Bertz CT molecular complexity index is 769. The molecule has 0 spiro atoms. The van der Waals surface area contributed by atoms with E-state index in [-0.39, 0.29) is 0 Å². The lowest BCUT2D eigenvalue weighted by molar-refractivity contribution is 1.11. The Morgan fingerprint density at radius 3 is 2.53 bits per heavy atom. The highest BCUT2D eigenvalue weighted by Gasteiger charge is 2.12. The number of fused-ring (bicyclic) bond motifs is 1. The van der Waals surface area contributed by atoms with Crippen molar-refractivity contribution in [3.05, 3.63) is 53.3 Å². The number of imidazole rings is 1. The molecule has 2 N–H and O–H groups in total. The van der Waals surface area contributed by atoms with Crippen LogP contribution in [-0.2, 0) is 0 Å². The second-order valence-electron chi connectivity index (χ2n) is 5.00. The van der Waals surface area contributed by atoms with Crippen LogP contribution in [0.25, 0.3) is 16.9 Å². The van der Waals surface area contributed by atoms with Gasteiger partial charge < -0.3 is 10.1 Å². The molecule has 0 aliphatic rings. The van der Waals surface area contributed by atoms with Crippen LogP contribution in [0, 0.1) is 20.8 Å². The van der Waals surface area contributed by atoms with E-state index < -0.39 is 0 Å². The smallest absolute Gasteiger partial charge is 0.160 e. The van der Waals surface area contributed by atoms with Crippen LogP contribution in [0.3, 0.4) is 0 Å². The zero-order valence-electron chi connectivity index (χ0n) is 11.4. The lowest BCUT2D eigenvalue weighted by Gasteiger charge is -2.04. The van der Waals surface area contributed by atoms with Crippen molar-refractivity contribution in [2.75, 3.05) is 5.73 Å². The first-order chi connectivity index (χ1) is 9.08. The second-order valence-corrected chi connectivity index (χ2v) is 5.00. The number of aromatic nitrogens is 2. The SMILES string of the molecule is Cc1ccc(-c2nc3c(N)cccn3c2C)cc1C. The molecule has 0 amide bonds. The first-order valence-corrected chi connectivity index (χ1v) is 6.38. The van der Waals surface area contributed by atoms with Gasteiger partial charge in [-0.15, -0.1) is 0 Å². The Balaban J connectivity index is 2.28. The van der Waals surface area contributed by atoms with Crippen molar-refractivity contribution in [2.24, 2.45) is 0 Å². The average Bonchev–Trinajstić information content (AvgIpc) is 2.72. The molecule has 2 heterocycles. The molecule has 3 rings (SSSR count). The van der Waals surface area contributed by atoms with E-state index in [1.807, 2.05) is 22.7 Å². The summed E-state index contributed by atoms with van der Waals surface area (Å²) in [4.78, 5) is 4.69. The number of nitrogens with two attached hydrogens (primary N) is 1. The number of aryl methyl sites for hydroxylation is 3. The molecule has 2 aromatic heterocycles. The minimum absolute atomic E-state index is 0.709. The number of hydrogen-bond donors (Lipinski definition) is 1. The van der Waals surface area contributed by atoms with Crippen molar-refractivity contribution in [1.29, 1.82) is 0 Å². The van der Waals surface area contributed by atoms with E-state index in [0.29, 0.717) is 5.69 Å². The fraction of sp³-hybridized carbons (Fsp3) is 0.188. The standard InChI is InChI=1S/C16H17N3/c1-10-6-7-13(9-11(10)2)15-12(3)19-8-4-5-14(17)16(19)18-15/h4-9H,17H2,1-3H3. The predicted molar refractivity (Wildman–Crippen MR) is 79.3 cm³/mol. The molecule has 3 nitrogen and oxygen atoms in total. The average molecular weight is 251 g/mol. The zero-order chi connectivity index (χ0) is 13.6. The van der Waals surface area contributed by atoms with Crippen LogP contribution >= 0.6 is 0 Å². The number of anilines is 1. The normalized spacial score (nSPS) is 11.1. The van der Waals surface area contributed by atoms with Gasteiger partial charge in [0.15, 0.2) is 5.65 Å². The van der Waals surface area contributed by atoms with Gasteiger partial charge in [0.05, 0.1) is 11.4 Å². The van der Waals surface area contributed by atoms with E-state index in [9.17, 15) is 0 Å². The van der Waals surface area contributed by atoms with Crippen LogP contribution in [0.5, 0.6) is 0 Å². The van der Waals surface area contributed by atoms with Gasteiger partial charge in [-0.25, -0.2) is 4.98 Å². The third-order valence-corrected chi connectivity index (χ3v) is 3.70. The van der Waals surface area contributed by atoms with Crippen LogP contribution in [-0.4, -0.2) is 9.38 Å². The molecule has 0 bridgehead atoms. The summed E-state index contributed by atoms with van der Waals surface area (Å²) >= 11 is 0. The van der Waals surface area contributed by atoms with Crippen LogP contribution < -0.4 is 5.73 Å². The maximum absolute atomic E-state index is 5.99. The first kappa shape index (κ1) is 11.8. The van der Waals surface area contributed by atoms with Crippen molar-refractivity contribution in [3.63, 3.8) is 0 Å². The number of pyridine rings is 1. The second kappa shape index (κ2) is 4.12. The monoisotopic (exact) mass is 251 g/mol. The fourth-order valence-electron chi connectivity index (χ4n) is 2.37. The van der Waals surface area contributed by atoms with Gasteiger partial charge in [-0.2, -0.15) is 0 Å². The summed E-state index contributed by atoms with van der Waals surface area (Å²) in [5.41, 5.74) is 13.4. The molecule has 1 aromatic carbocycles. The molecule has 3 aromatic rings. The molecule has 19 heavy (non-hydrogen) atoms. The van der Waals surface area contributed by atoms with Gasteiger partial charge >= 0.3 is 0 Å². The quantitative estimate of drug-likeness (QED) is 0.719. The number of nitrogens with zero attached hydrogens (tertiary/aromatic N) is 2. The van der Waals surface area contributed by atoms with Crippen molar-refractivity contribution >= 4 is 11.3 Å². The van der Waals surface area contributed by atoms with Crippen molar-refractivity contribution in [2.45, 2.75) is 20.8 Å². The van der Waals surface area contributed by atoms with Crippen LogP contribution in [0.4, 0.5) is 5.69 Å². The minimum Gasteiger partial charge on any atom is -0.396 e. The number of hydrogen-bond acceptors (Lipinski definition) is 2. The molecule has 0 radical (unpaired) electrons. The van der Waals surface area contributed by atoms with Crippen LogP contribution in [0.2, 0.25) is 0 Å². The Labute approximate surface area is 112 Å². The molecule has 0 aliphatic carbocycles. The number of nitrogen functional groups attached to an aromatic ring is 1. The molecular weight excluding hydrogens is 234 g/mol. The summed E-state index contributed by atoms with van der Waals surface area (Å²) < 4.78 is 2.04. The molecule has 0 atom stereocenters. The Morgan fingerprint density at radius 1 is 1.05 bits per heavy atom. The zero-order valence-corrected chi connectivity index (χ0v) is 11.4.